The van der Waals surface area contributed by atoms with Crippen molar-refractivity contribution in [3.8, 4) is 0 Å². The number of hydrogen-bond acceptors (Lipinski definition) is 3. The van der Waals surface area contributed by atoms with Crippen molar-refractivity contribution in [2.75, 3.05) is 6.54 Å². The van der Waals surface area contributed by atoms with Gasteiger partial charge in [-0.25, -0.2) is 17.5 Å². The highest BCUT2D eigenvalue weighted by Gasteiger charge is 2.27. The zero-order valence-corrected chi connectivity index (χ0v) is 13.4. The van der Waals surface area contributed by atoms with E-state index in [0.29, 0.717) is 12.8 Å². The van der Waals surface area contributed by atoms with Crippen molar-refractivity contribution in [1.82, 2.24) is 4.72 Å². The normalized spacial score (nSPS) is 12.7. The van der Waals surface area contributed by atoms with Crippen molar-refractivity contribution >= 4 is 33.2 Å². The van der Waals surface area contributed by atoms with Gasteiger partial charge in [0.05, 0.1) is 15.6 Å². The van der Waals surface area contributed by atoms with Gasteiger partial charge >= 0.3 is 0 Å². The molecule has 1 aromatic carbocycles. The first kappa shape index (κ1) is 17.7. The summed E-state index contributed by atoms with van der Waals surface area (Å²) < 4.78 is 39.9. The summed E-state index contributed by atoms with van der Waals surface area (Å²) in [4.78, 5) is -0.407. The molecular weight excluding hydrogens is 328 g/mol. The van der Waals surface area contributed by atoms with Gasteiger partial charge in [-0.05, 0) is 25.0 Å². The van der Waals surface area contributed by atoms with Gasteiger partial charge in [0.15, 0.2) is 5.82 Å². The van der Waals surface area contributed by atoms with Gasteiger partial charge in [0, 0.05) is 6.54 Å². The van der Waals surface area contributed by atoms with Gasteiger partial charge in [-0.2, -0.15) is 0 Å². The van der Waals surface area contributed by atoms with Gasteiger partial charge in [-0.15, -0.1) is 0 Å². The van der Waals surface area contributed by atoms with Gasteiger partial charge in [0.25, 0.3) is 0 Å². The van der Waals surface area contributed by atoms with E-state index < -0.39 is 31.4 Å². The van der Waals surface area contributed by atoms with Crippen LogP contribution in [0, 0.1) is 5.82 Å². The summed E-state index contributed by atoms with van der Waals surface area (Å²) in [5.74, 6) is -0.988. The summed E-state index contributed by atoms with van der Waals surface area (Å²) in [7, 11) is -4.02. The monoisotopic (exact) mass is 343 g/mol. The topological polar surface area (TPSA) is 66.4 Å². The van der Waals surface area contributed by atoms with E-state index in [1.807, 2.05) is 0 Å². The fourth-order valence-electron chi connectivity index (χ4n) is 1.52. The van der Waals surface area contributed by atoms with Crippen molar-refractivity contribution in [1.29, 1.82) is 0 Å². The summed E-state index contributed by atoms with van der Waals surface area (Å²) in [6.07, 6.45) is 0.767. The highest BCUT2D eigenvalue weighted by molar-refractivity contribution is 7.89. The van der Waals surface area contributed by atoms with Crippen molar-refractivity contribution in [2.24, 2.45) is 0 Å². The molecule has 0 aliphatic carbocycles. The number of aliphatic hydroxyl groups is 1. The van der Waals surface area contributed by atoms with Crippen LogP contribution in [0.1, 0.15) is 26.7 Å². The largest absolute Gasteiger partial charge is 0.389 e. The van der Waals surface area contributed by atoms with Crippen LogP contribution in [-0.2, 0) is 10.0 Å². The van der Waals surface area contributed by atoms with Crippen LogP contribution in [0.2, 0.25) is 10.0 Å². The number of hydrogen-bond donors (Lipinski definition) is 2. The molecule has 0 spiro atoms. The maximum Gasteiger partial charge on any atom is 0.242 e. The van der Waals surface area contributed by atoms with E-state index in [1.165, 1.54) is 0 Å². The highest BCUT2D eigenvalue weighted by atomic mass is 35.5. The minimum absolute atomic E-state index is 0.178. The Morgan fingerprint density at radius 1 is 1.30 bits per heavy atom. The third-order valence-electron chi connectivity index (χ3n) is 3.20. The second kappa shape index (κ2) is 6.58. The van der Waals surface area contributed by atoms with Gasteiger partial charge < -0.3 is 5.11 Å². The Morgan fingerprint density at radius 2 is 1.85 bits per heavy atom. The Bertz CT molecular complexity index is 589. The molecule has 0 fully saturated rings. The van der Waals surface area contributed by atoms with Crippen LogP contribution >= 0.6 is 23.2 Å². The third-order valence-corrected chi connectivity index (χ3v) is 5.41. The van der Waals surface area contributed by atoms with Crippen molar-refractivity contribution in [2.45, 2.75) is 37.2 Å². The van der Waals surface area contributed by atoms with Gasteiger partial charge in [-0.3, -0.25) is 0 Å². The van der Waals surface area contributed by atoms with Crippen molar-refractivity contribution in [3.05, 3.63) is 28.0 Å². The summed E-state index contributed by atoms with van der Waals surface area (Å²) in [5, 5.41) is 9.23. The van der Waals surface area contributed by atoms with Gasteiger partial charge in [0.2, 0.25) is 10.0 Å². The Kier molecular flexibility index (Phi) is 5.80. The molecular formula is C12H16Cl2FNO3S. The van der Waals surface area contributed by atoms with Crippen molar-refractivity contribution in [3.63, 3.8) is 0 Å². The number of nitrogens with one attached hydrogen (secondary N) is 1. The number of benzene rings is 1. The first-order chi connectivity index (χ1) is 9.17. The SMILES string of the molecule is CCC(O)(CC)CNS(=O)(=O)c1ccc(Cl)c(F)c1Cl. The zero-order valence-electron chi connectivity index (χ0n) is 11.1. The standard InChI is InChI=1S/C12H16Cl2FNO3S/c1-3-12(17,4-2)7-16-20(18,19)9-6-5-8(13)11(15)10(9)14/h5-6,16-17H,3-4,7H2,1-2H3. The smallest absolute Gasteiger partial charge is 0.242 e. The molecule has 4 nitrogen and oxygen atoms in total. The number of halogens is 3. The van der Waals surface area contributed by atoms with Crippen LogP contribution in [-0.4, -0.2) is 25.7 Å². The minimum Gasteiger partial charge on any atom is -0.389 e. The molecule has 0 saturated heterocycles. The zero-order chi connectivity index (χ0) is 15.6. The highest BCUT2D eigenvalue weighted by Crippen LogP contribution is 2.29. The van der Waals surface area contributed by atoms with Gasteiger partial charge in [-0.1, -0.05) is 37.0 Å². The molecule has 0 aromatic heterocycles. The molecule has 8 heteroatoms. The fraction of sp³-hybridized carbons (Fsp3) is 0.500. The first-order valence-electron chi connectivity index (χ1n) is 6.02. The molecule has 20 heavy (non-hydrogen) atoms. The Hall–Kier alpha value is -0.400. The van der Waals surface area contributed by atoms with E-state index in [4.69, 9.17) is 23.2 Å². The number of rotatable bonds is 6. The molecule has 1 rings (SSSR count). The second-order valence-corrected chi connectivity index (χ2v) is 6.95. The van der Waals surface area contributed by atoms with Crippen LogP contribution in [0.3, 0.4) is 0 Å². The third kappa shape index (κ3) is 3.83. The Morgan fingerprint density at radius 3 is 2.35 bits per heavy atom. The predicted octanol–water partition coefficient (Wildman–Crippen LogP) is 2.96. The molecule has 0 amide bonds. The van der Waals surface area contributed by atoms with Crippen LogP contribution in [0.15, 0.2) is 17.0 Å². The lowest BCUT2D eigenvalue weighted by atomic mass is 9.98. The Labute approximate surface area is 127 Å². The van der Waals surface area contributed by atoms with Crippen LogP contribution in [0.25, 0.3) is 0 Å². The maximum absolute atomic E-state index is 13.5. The molecule has 0 unspecified atom stereocenters. The average Bonchev–Trinajstić information content (AvgIpc) is 2.42. The molecule has 0 radical (unpaired) electrons. The summed E-state index contributed by atoms with van der Waals surface area (Å²) >= 11 is 11.2. The second-order valence-electron chi connectivity index (χ2n) is 4.43. The summed E-state index contributed by atoms with van der Waals surface area (Å²) in [6, 6.07) is 2.23. The van der Waals surface area contributed by atoms with Crippen LogP contribution in [0.5, 0.6) is 0 Å². The van der Waals surface area contributed by atoms with E-state index in [2.05, 4.69) is 4.72 Å². The van der Waals surface area contributed by atoms with Crippen LogP contribution in [0.4, 0.5) is 4.39 Å². The predicted molar refractivity (Wildman–Crippen MR) is 77.1 cm³/mol. The molecule has 1 aromatic rings. The Balaban J connectivity index is 3.04. The molecule has 0 heterocycles. The van der Waals surface area contributed by atoms with Gasteiger partial charge in [0.1, 0.15) is 4.90 Å². The molecule has 0 bridgehead atoms. The lowest BCUT2D eigenvalue weighted by Gasteiger charge is -2.25. The quantitative estimate of drug-likeness (QED) is 0.780. The van der Waals surface area contributed by atoms with Crippen LogP contribution < -0.4 is 4.72 Å². The average molecular weight is 344 g/mol. The van der Waals surface area contributed by atoms with E-state index in [1.54, 1.807) is 13.8 Å². The van der Waals surface area contributed by atoms with E-state index >= 15 is 0 Å². The van der Waals surface area contributed by atoms with E-state index in [9.17, 15) is 17.9 Å². The van der Waals surface area contributed by atoms with E-state index in [-0.39, 0.29) is 11.6 Å². The molecule has 114 valence electrons. The van der Waals surface area contributed by atoms with E-state index in [0.717, 1.165) is 12.1 Å². The first-order valence-corrected chi connectivity index (χ1v) is 8.26. The minimum atomic E-state index is -4.02. The molecule has 0 aliphatic heterocycles. The molecule has 0 atom stereocenters. The number of sulfonamides is 1. The summed E-state index contributed by atoms with van der Waals surface area (Å²) in [5.41, 5.74) is -1.15. The lowest BCUT2D eigenvalue weighted by molar-refractivity contribution is 0.0377. The molecule has 0 aliphatic rings. The molecule has 2 N–H and O–H groups in total. The fourth-order valence-corrected chi connectivity index (χ4v) is 3.39. The lowest BCUT2D eigenvalue weighted by Crippen LogP contribution is -2.42. The maximum atomic E-state index is 13.5. The van der Waals surface area contributed by atoms with Crippen molar-refractivity contribution < 1.29 is 17.9 Å². The summed E-state index contributed by atoms with van der Waals surface area (Å²) in [6.45, 7) is 3.31. The molecule has 0 saturated carbocycles.